The number of benzene rings is 2. The summed E-state index contributed by atoms with van der Waals surface area (Å²) in [7, 11) is 0. The summed E-state index contributed by atoms with van der Waals surface area (Å²) in [6, 6.07) is 8.91. The van der Waals surface area contributed by atoms with E-state index < -0.39 is 23.1 Å². The lowest BCUT2D eigenvalue weighted by Crippen LogP contribution is -2.46. The van der Waals surface area contributed by atoms with Gasteiger partial charge in [0.15, 0.2) is 0 Å². The number of ether oxygens (including phenoxy) is 1. The monoisotopic (exact) mass is 484 g/mol. The normalized spacial score (nSPS) is 19.3. The number of anilines is 1. The van der Waals surface area contributed by atoms with Crippen LogP contribution in [0.15, 0.2) is 60.4 Å². The summed E-state index contributed by atoms with van der Waals surface area (Å²) < 4.78 is 34.7. The van der Waals surface area contributed by atoms with Crippen molar-refractivity contribution in [1.82, 2.24) is 4.90 Å². The van der Waals surface area contributed by atoms with E-state index >= 15 is 0 Å². The summed E-state index contributed by atoms with van der Waals surface area (Å²) in [6.45, 7) is 3.54. The number of hydrogen-bond donors (Lipinski definition) is 0. The second-order valence-corrected chi connectivity index (χ2v) is 9.64. The highest BCUT2D eigenvalue weighted by Crippen LogP contribution is 2.48. The van der Waals surface area contributed by atoms with Crippen LogP contribution in [-0.4, -0.2) is 43.6 Å². The van der Waals surface area contributed by atoms with Crippen molar-refractivity contribution in [1.29, 1.82) is 0 Å². The van der Waals surface area contributed by atoms with Gasteiger partial charge in [0.1, 0.15) is 29.6 Å². The van der Waals surface area contributed by atoms with Crippen LogP contribution < -0.4 is 4.90 Å². The molecule has 4 nitrogen and oxygen atoms in total. The second-order valence-electron chi connectivity index (χ2n) is 9.21. The van der Waals surface area contributed by atoms with Crippen LogP contribution in [-0.2, 0) is 10.2 Å². The minimum absolute atomic E-state index is 0.288. The van der Waals surface area contributed by atoms with Gasteiger partial charge in [0, 0.05) is 29.2 Å². The largest absolute Gasteiger partial charge is 0.493 e. The number of carbonyl (C=O) groups is 1. The summed E-state index contributed by atoms with van der Waals surface area (Å²) in [5.74, 6) is -1.41. The van der Waals surface area contributed by atoms with Crippen LogP contribution in [0.1, 0.15) is 41.6 Å². The van der Waals surface area contributed by atoms with Gasteiger partial charge in [-0.15, -0.1) is 0 Å². The molecule has 0 aromatic heterocycles. The Morgan fingerprint density at radius 2 is 1.85 bits per heavy atom. The fraction of sp³-hybridized carbons (Fsp3) is 0.370. The molecule has 1 fully saturated rings. The van der Waals surface area contributed by atoms with Crippen LogP contribution in [0.2, 0.25) is 5.02 Å². The average Bonchev–Trinajstić information content (AvgIpc) is 3.14. The smallest absolute Gasteiger partial charge is 0.264 e. The van der Waals surface area contributed by atoms with E-state index in [1.165, 1.54) is 11.0 Å². The number of amides is 1. The molecule has 7 heteroatoms. The van der Waals surface area contributed by atoms with Crippen LogP contribution in [0.25, 0.3) is 0 Å². The summed E-state index contributed by atoms with van der Waals surface area (Å²) in [4.78, 5) is 17.2. The highest BCUT2D eigenvalue weighted by molar-refractivity contribution is 6.30. The number of piperidine rings is 1. The molecule has 0 saturated carbocycles. The quantitative estimate of drug-likeness (QED) is 0.532. The van der Waals surface area contributed by atoms with Gasteiger partial charge in [-0.05, 0) is 86.8 Å². The van der Waals surface area contributed by atoms with E-state index in [9.17, 15) is 13.6 Å². The van der Waals surface area contributed by atoms with Crippen LogP contribution >= 0.6 is 11.6 Å². The summed E-state index contributed by atoms with van der Waals surface area (Å²) in [5.41, 5.74) is 0.869. The Morgan fingerprint density at radius 3 is 2.56 bits per heavy atom. The van der Waals surface area contributed by atoms with Crippen LogP contribution in [0, 0.1) is 11.6 Å². The van der Waals surface area contributed by atoms with E-state index in [4.69, 9.17) is 16.3 Å². The van der Waals surface area contributed by atoms with Crippen molar-refractivity contribution in [3.05, 3.63) is 88.2 Å². The molecule has 0 unspecified atom stereocenters. The molecule has 1 aliphatic carbocycles. The van der Waals surface area contributed by atoms with Crippen molar-refractivity contribution >= 4 is 23.2 Å². The Labute approximate surface area is 203 Å². The van der Waals surface area contributed by atoms with Crippen LogP contribution in [0.5, 0.6) is 0 Å². The third kappa shape index (κ3) is 4.37. The Bertz CT molecular complexity index is 1140. The van der Waals surface area contributed by atoms with Gasteiger partial charge in [-0.2, -0.15) is 0 Å². The third-order valence-corrected chi connectivity index (χ3v) is 7.39. The minimum atomic E-state index is -0.848. The van der Waals surface area contributed by atoms with Gasteiger partial charge in [0.05, 0.1) is 0 Å². The van der Waals surface area contributed by atoms with Crippen molar-refractivity contribution in [3.8, 4) is 0 Å². The molecule has 2 aliphatic heterocycles. The predicted octanol–water partition coefficient (Wildman–Crippen LogP) is 5.86. The lowest BCUT2D eigenvalue weighted by Gasteiger charge is -2.40. The molecule has 1 spiro atoms. The van der Waals surface area contributed by atoms with Gasteiger partial charge in [0.2, 0.25) is 0 Å². The maximum Gasteiger partial charge on any atom is 0.264 e. The Balaban J connectivity index is 1.31. The number of rotatable bonds is 5. The van der Waals surface area contributed by atoms with Gasteiger partial charge in [-0.25, -0.2) is 8.78 Å². The van der Waals surface area contributed by atoms with Crippen LogP contribution in [0.4, 0.5) is 14.5 Å². The first-order chi connectivity index (χ1) is 16.5. The number of hydrogen-bond acceptors (Lipinski definition) is 3. The Morgan fingerprint density at radius 1 is 1.09 bits per heavy atom. The van der Waals surface area contributed by atoms with Crippen molar-refractivity contribution < 1.29 is 18.3 Å². The van der Waals surface area contributed by atoms with Gasteiger partial charge in [-0.3, -0.25) is 9.69 Å². The van der Waals surface area contributed by atoms with E-state index in [1.807, 2.05) is 12.1 Å². The molecule has 178 valence electrons. The minimum Gasteiger partial charge on any atom is -0.493 e. The van der Waals surface area contributed by atoms with E-state index in [0.29, 0.717) is 23.9 Å². The standard InChI is InChI=1S/C27H27ClF2N2O2/c28-19-9-10-24-21(17-19)27(18-32(24)26(33)25-22(29)7-4-8-23(25)30)11-13-31(14-12-27)15-16-34-20-5-2-1-3-6-20/h2,4-10,17H,1,3,11-16,18H2. The van der Waals surface area contributed by atoms with Crippen molar-refractivity contribution in [2.24, 2.45) is 0 Å². The number of likely N-dealkylation sites (tertiary alicyclic amines) is 1. The SMILES string of the molecule is O=C(c1c(F)cccc1F)N1CC2(CCN(CCOC3=CCCC=C3)CC2)c2cc(Cl)ccc21. The zero-order valence-corrected chi connectivity index (χ0v) is 19.7. The summed E-state index contributed by atoms with van der Waals surface area (Å²) in [5, 5.41) is 0.592. The number of fused-ring (bicyclic) bond motifs is 2. The number of carbonyl (C=O) groups excluding carboxylic acids is 1. The number of halogens is 3. The Hall–Kier alpha value is -2.70. The number of allylic oxidation sites excluding steroid dienone is 3. The molecule has 2 heterocycles. The average molecular weight is 485 g/mol. The molecule has 0 N–H and O–H groups in total. The van der Waals surface area contributed by atoms with Crippen molar-refractivity contribution in [2.75, 3.05) is 37.7 Å². The molecular formula is C27H27ClF2N2O2. The first-order valence-electron chi connectivity index (χ1n) is 11.7. The molecule has 0 atom stereocenters. The molecule has 2 aromatic carbocycles. The molecule has 34 heavy (non-hydrogen) atoms. The fourth-order valence-electron chi connectivity index (χ4n) is 5.28. The first kappa shape index (κ1) is 23.1. The molecule has 3 aliphatic rings. The molecule has 1 saturated heterocycles. The van der Waals surface area contributed by atoms with Gasteiger partial charge < -0.3 is 9.64 Å². The predicted molar refractivity (Wildman–Crippen MR) is 129 cm³/mol. The highest BCUT2D eigenvalue weighted by Gasteiger charge is 2.47. The number of nitrogens with zero attached hydrogens (tertiary/aromatic N) is 2. The maximum absolute atomic E-state index is 14.4. The first-order valence-corrected chi connectivity index (χ1v) is 12.1. The topological polar surface area (TPSA) is 32.8 Å². The summed E-state index contributed by atoms with van der Waals surface area (Å²) in [6.07, 6.45) is 10.0. The van der Waals surface area contributed by atoms with Crippen molar-refractivity contribution in [3.63, 3.8) is 0 Å². The van der Waals surface area contributed by atoms with Crippen molar-refractivity contribution in [2.45, 2.75) is 31.1 Å². The zero-order chi connectivity index (χ0) is 23.7. The van der Waals surface area contributed by atoms with Gasteiger partial charge >= 0.3 is 0 Å². The molecule has 1 amide bonds. The zero-order valence-electron chi connectivity index (χ0n) is 18.9. The lowest BCUT2D eigenvalue weighted by molar-refractivity contribution is 0.0961. The Kier molecular flexibility index (Phi) is 6.45. The third-order valence-electron chi connectivity index (χ3n) is 7.15. The fourth-order valence-corrected chi connectivity index (χ4v) is 5.45. The van der Waals surface area contributed by atoms with E-state index in [0.717, 1.165) is 68.8 Å². The molecule has 5 rings (SSSR count). The van der Waals surface area contributed by atoms with Gasteiger partial charge in [0.25, 0.3) is 5.91 Å². The molecule has 0 bridgehead atoms. The molecule has 0 radical (unpaired) electrons. The lowest BCUT2D eigenvalue weighted by atomic mass is 9.74. The van der Waals surface area contributed by atoms with E-state index in [-0.39, 0.29) is 5.41 Å². The van der Waals surface area contributed by atoms with E-state index in [1.54, 1.807) is 12.1 Å². The highest BCUT2D eigenvalue weighted by atomic mass is 35.5. The van der Waals surface area contributed by atoms with Gasteiger partial charge in [-0.1, -0.05) is 23.7 Å². The molecule has 2 aromatic rings. The summed E-state index contributed by atoms with van der Waals surface area (Å²) >= 11 is 6.33. The van der Waals surface area contributed by atoms with E-state index in [2.05, 4.69) is 17.1 Å². The van der Waals surface area contributed by atoms with Crippen LogP contribution in [0.3, 0.4) is 0 Å². The molecular weight excluding hydrogens is 458 g/mol. The second kappa shape index (κ2) is 9.51. The maximum atomic E-state index is 14.4.